The van der Waals surface area contributed by atoms with E-state index in [4.69, 9.17) is 0 Å². The maximum atomic E-state index is 12.8. The van der Waals surface area contributed by atoms with Crippen LogP contribution in [0, 0.1) is 25.2 Å². The number of carbonyl (C=O) groups excluding carboxylic acids is 2. The average molecular weight is 402 g/mol. The Morgan fingerprint density at radius 2 is 1.93 bits per heavy atom. The van der Waals surface area contributed by atoms with Gasteiger partial charge in [-0.3, -0.25) is 14.3 Å². The lowest BCUT2D eigenvalue weighted by Crippen LogP contribution is -2.13. The normalized spacial score (nSPS) is 11.2. The van der Waals surface area contributed by atoms with Crippen LogP contribution in [0.25, 0.3) is 16.8 Å². The number of esters is 1. The molecule has 0 saturated heterocycles. The van der Waals surface area contributed by atoms with Crippen LogP contribution in [0.3, 0.4) is 0 Å². The number of anilines is 1. The van der Waals surface area contributed by atoms with E-state index in [0.717, 1.165) is 16.5 Å². The number of methoxy groups -OCH3 is 1. The Bertz CT molecular complexity index is 1180. The fraction of sp³-hybridized carbons (Fsp3) is 0.217. The standard InChI is InChI=1S/C23H22N4O3/c1-15-20(16(2)27(26-15)12-11-22(28)30-3)13-18(14-24)23(29)25-21-10-6-8-17-7-4-5-9-19(17)21/h4-10,13H,11-12H2,1-3H3,(H,25,29)/b18-13-. The minimum absolute atomic E-state index is 0.0262. The molecule has 0 saturated carbocycles. The van der Waals surface area contributed by atoms with E-state index in [-0.39, 0.29) is 18.0 Å². The number of aryl methyl sites for hydroxylation is 2. The van der Waals surface area contributed by atoms with Crippen molar-refractivity contribution in [1.82, 2.24) is 9.78 Å². The van der Waals surface area contributed by atoms with E-state index < -0.39 is 5.91 Å². The minimum atomic E-state index is -0.491. The molecule has 7 heteroatoms. The summed E-state index contributed by atoms with van der Waals surface area (Å²) in [6.07, 6.45) is 1.72. The zero-order valence-electron chi connectivity index (χ0n) is 17.1. The Morgan fingerprint density at radius 3 is 2.67 bits per heavy atom. The van der Waals surface area contributed by atoms with Crippen molar-refractivity contribution >= 4 is 34.4 Å². The molecule has 1 N–H and O–H groups in total. The molecule has 30 heavy (non-hydrogen) atoms. The van der Waals surface area contributed by atoms with Crippen LogP contribution in [0.1, 0.15) is 23.4 Å². The molecular formula is C23H22N4O3. The summed E-state index contributed by atoms with van der Waals surface area (Å²) in [4.78, 5) is 24.2. The molecule has 0 bridgehead atoms. The molecule has 3 aromatic rings. The largest absolute Gasteiger partial charge is 0.469 e. The summed E-state index contributed by atoms with van der Waals surface area (Å²) in [5.74, 6) is -0.818. The van der Waals surface area contributed by atoms with Crippen molar-refractivity contribution in [2.75, 3.05) is 12.4 Å². The van der Waals surface area contributed by atoms with E-state index in [1.807, 2.05) is 49.4 Å². The molecule has 2 aromatic carbocycles. The number of ether oxygens (including phenoxy) is 1. The SMILES string of the molecule is COC(=O)CCn1nc(C)c(/C=C(/C#N)C(=O)Nc2cccc3ccccc23)c1C. The van der Waals surface area contributed by atoms with Crippen molar-refractivity contribution in [3.05, 3.63) is 65.0 Å². The first-order chi connectivity index (χ1) is 14.4. The van der Waals surface area contributed by atoms with Crippen molar-refractivity contribution in [1.29, 1.82) is 5.26 Å². The third-order valence-electron chi connectivity index (χ3n) is 4.88. The van der Waals surface area contributed by atoms with Gasteiger partial charge in [0.15, 0.2) is 0 Å². The second kappa shape index (κ2) is 9.05. The highest BCUT2D eigenvalue weighted by molar-refractivity contribution is 6.13. The minimum Gasteiger partial charge on any atom is -0.469 e. The highest BCUT2D eigenvalue weighted by atomic mass is 16.5. The van der Waals surface area contributed by atoms with Crippen LogP contribution in [-0.4, -0.2) is 28.8 Å². The number of hydrogen-bond acceptors (Lipinski definition) is 5. The second-order valence-electron chi connectivity index (χ2n) is 6.78. The summed E-state index contributed by atoms with van der Waals surface area (Å²) >= 11 is 0. The van der Waals surface area contributed by atoms with Gasteiger partial charge in [0, 0.05) is 22.3 Å². The number of benzene rings is 2. The van der Waals surface area contributed by atoms with E-state index in [1.165, 1.54) is 13.2 Å². The number of nitrogens with zero attached hydrogens (tertiary/aromatic N) is 3. The van der Waals surface area contributed by atoms with Gasteiger partial charge in [-0.1, -0.05) is 36.4 Å². The first-order valence-electron chi connectivity index (χ1n) is 9.46. The van der Waals surface area contributed by atoms with Crippen LogP contribution in [0.2, 0.25) is 0 Å². The molecule has 152 valence electrons. The molecule has 1 heterocycles. The molecule has 7 nitrogen and oxygen atoms in total. The zero-order chi connectivity index (χ0) is 21.7. The fourth-order valence-corrected chi connectivity index (χ4v) is 3.25. The summed E-state index contributed by atoms with van der Waals surface area (Å²) in [6, 6.07) is 15.3. The molecule has 1 aromatic heterocycles. The van der Waals surface area contributed by atoms with Gasteiger partial charge < -0.3 is 10.1 Å². The van der Waals surface area contributed by atoms with Crippen molar-refractivity contribution in [2.24, 2.45) is 0 Å². The van der Waals surface area contributed by atoms with Gasteiger partial charge >= 0.3 is 5.97 Å². The molecule has 0 radical (unpaired) electrons. The lowest BCUT2D eigenvalue weighted by atomic mass is 10.1. The van der Waals surface area contributed by atoms with E-state index in [0.29, 0.717) is 23.5 Å². The van der Waals surface area contributed by atoms with Gasteiger partial charge in [0.05, 0.1) is 25.8 Å². The molecule has 0 unspecified atom stereocenters. The summed E-state index contributed by atoms with van der Waals surface area (Å²) in [6.45, 7) is 3.99. The monoisotopic (exact) mass is 402 g/mol. The van der Waals surface area contributed by atoms with E-state index in [2.05, 4.69) is 15.2 Å². The number of rotatable bonds is 6. The van der Waals surface area contributed by atoms with Gasteiger partial charge in [-0.2, -0.15) is 10.4 Å². The Kier molecular flexibility index (Phi) is 6.28. The summed E-state index contributed by atoms with van der Waals surface area (Å²) < 4.78 is 6.34. The van der Waals surface area contributed by atoms with Crippen molar-refractivity contribution < 1.29 is 14.3 Å². The lowest BCUT2D eigenvalue weighted by Gasteiger charge is -2.08. The maximum absolute atomic E-state index is 12.8. The van der Waals surface area contributed by atoms with E-state index in [1.54, 1.807) is 17.7 Å². The predicted octanol–water partition coefficient (Wildman–Crippen LogP) is 3.76. The van der Waals surface area contributed by atoms with Crippen molar-refractivity contribution in [3.63, 3.8) is 0 Å². The fourth-order valence-electron chi connectivity index (χ4n) is 3.25. The number of fused-ring (bicyclic) bond motifs is 1. The van der Waals surface area contributed by atoms with Gasteiger partial charge in [-0.15, -0.1) is 0 Å². The number of nitriles is 1. The number of hydrogen-bond donors (Lipinski definition) is 1. The Morgan fingerprint density at radius 1 is 1.20 bits per heavy atom. The molecule has 0 fully saturated rings. The second-order valence-corrected chi connectivity index (χ2v) is 6.78. The third-order valence-corrected chi connectivity index (χ3v) is 4.88. The van der Waals surface area contributed by atoms with Crippen LogP contribution in [0.4, 0.5) is 5.69 Å². The topological polar surface area (TPSA) is 97.0 Å². The molecule has 0 aliphatic rings. The summed E-state index contributed by atoms with van der Waals surface area (Å²) in [7, 11) is 1.34. The maximum Gasteiger partial charge on any atom is 0.307 e. The molecule has 3 rings (SSSR count). The van der Waals surface area contributed by atoms with Crippen LogP contribution < -0.4 is 5.32 Å². The number of aromatic nitrogens is 2. The highest BCUT2D eigenvalue weighted by Crippen LogP contribution is 2.24. The molecule has 0 spiro atoms. The number of carbonyl (C=O) groups is 2. The predicted molar refractivity (Wildman–Crippen MR) is 115 cm³/mol. The van der Waals surface area contributed by atoms with Crippen LogP contribution >= 0.6 is 0 Å². The summed E-state index contributed by atoms with van der Waals surface area (Å²) in [5, 5.41) is 18.7. The molecule has 0 atom stereocenters. The highest BCUT2D eigenvalue weighted by Gasteiger charge is 2.16. The lowest BCUT2D eigenvalue weighted by molar-refractivity contribution is -0.140. The van der Waals surface area contributed by atoms with Crippen LogP contribution in [0.5, 0.6) is 0 Å². The van der Waals surface area contributed by atoms with Crippen molar-refractivity contribution in [2.45, 2.75) is 26.8 Å². The van der Waals surface area contributed by atoms with Gasteiger partial charge in [-0.05, 0) is 31.4 Å². The Labute approximate surface area is 174 Å². The molecule has 0 aliphatic heterocycles. The number of nitrogens with one attached hydrogen (secondary N) is 1. The average Bonchev–Trinajstić information content (AvgIpc) is 3.02. The molecular weight excluding hydrogens is 380 g/mol. The molecule has 0 aliphatic carbocycles. The number of amides is 1. The molecule has 1 amide bonds. The zero-order valence-corrected chi connectivity index (χ0v) is 17.1. The van der Waals surface area contributed by atoms with Crippen molar-refractivity contribution in [3.8, 4) is 6.07 Å². The van der Waals surface area contributed by atoms with Gasteiger partial charge in [0.1, 0.15) is 11.6 Å². The Balaban J connectivity index is 1.87. The van der Waals surface area contributed by atoms with Crippen LogP contribution in [0.15, 0.2) is 48.0 Å². The van der Waals surface area contributed by atoms with Crippen LogP contribution in [-0.2, 0) is 20.9 Å². The first kappa shape index (κ1) is 20.8. The van der Waals surface area contributed by atoms with E-state index >= 15 is 0 Å². The Hall–Kier alpha value is -3.92. The van der Waals surface area contributed by atoms with Gasteiger partial charge in [0.2, 0.25) is 0 Å². The van der Waals surface area contributed by atoms with Gasteiger partial charge in [0.25, 0.3) is 5.91 Å². The quantitative estimate of drug-likeness (QED) is 0.385. The smallest absolute Gasteiger partial charge is 0.307 e. The third kappa shape index (κ3) is 4.39. The first-order valence-corrected chi connectivity index (χ1v) is 9.46. The van der Waals surface area contributed by atoms with E-state index in [9.17, 15) is 14.9 Å². The summed E-state index contributed by atoms with van der Waals surface area (Å²) in [5.41, 5.74) is 2.73. The van der Waals surface area contributed by atoms with Gasteiger partial charge in [-0.25, -0.2) is 0 Å².